The van der Waals surface area contributed by atoms with Gasteiger partial charge in [-0.25, -0.2) is 0 Å². The smallest absolute Gasteiger partial charge is 0.271 e. The Labute approximate surface area is 84.5 Å². The maximum atomic E-state index is 10.6. The SMILES string of the molecule is O=[N+]([O-])[C@@H]1[C@@H](O)C[C@@H](O)[C@H](O)[C@@]1(O)CO. The van der Waals surface area contributed by atoms with Crippen LogP contribution in [0.25, 0.3) is 0 Å². The van der Waals surface area contributed by atoms with Crippen molar-refractivity contribution >= 4 is 0 Å². The first-order valence-corrected chi connectivity index (χ1v) is 4.35. The molecule has 8 heteroatoms. The van der Waals surface area contributed by atoms with Crippen LogP contribution in [-0.4, -0.2) is 67.0 Å². The molecule has 0 radical (unpaired) electrons. The van der Waals surface area contributed by atoms with Crippen molar-refractivity contribution in [1.82, 2.24) is 0 Å². The van der Waals surface area contributed by atoms with E-state index >= 15 is 0 Å². The molecular weight excluding hydrogens is 210 g/mol. The molecule has 0 unspecified atom stereocenters. The monoisotopic (exact) mass is 223 g/mol. The highest BCUT2D eigenvalue weighted by Crippen LogP contribution is 2.31. The Kier molecular flexibility index (Phi) is 3.26. The summed E-state index contributed by atoms with van der Waals surface area (Å²) in [7, 11) is 0. The van der Waals surface area contributed by atoms with Crippen molar-refractivity contribution in [1.29, 1.82) is 0 Å². The molecule has 0 aromatic heterocycles. The predicted molar refractivity (Wildman–Crippen MR) is 45.5 cm³/mol. The summed E-state index contributed by atoms with van der Waals surface area (Å²) < 4.78 is 0. The van der Waals surface area contributed by atoms with Crippen molar-refractivity contribution in [3.63, 3.8) is 0 Å². The van der Waals surface area contributed by atoms with Crippen LogP contribution in [0.4, 0.5) is 0 Å². The molecule has 1 rings (SSSR count). The minimum Gasteiger partial charge on any atom is -0.393 e. The molecular formula is C7H13NO7. The fourth-order valence-electron chi connectivity index (χ4n) is 1.86. The van der Waals surface area contributed by atoms with Crippen molar-refractivity contribution in [3.05, 3.63) is 10.1 Å². The van der Waals surface area contributed by atoms with Crippen LogP contribution in [0.3, 0.4) is 0 Å². The summed E-state index contributed by atoms with van der Waals surface area (Å²) in [6.45, 7) is -1.12. The molecule has 0 heterocycles. The standard InChI is InChI=1S/C7H13NO7/c9-2-7(13)5(8(14)15)3(10)1-4(11)6(7)12/h3-6,9-13H,1-2H2/t3-,4+,5+,6-,7+/m0/s1. The molecule has 0 bridgehead atoms. The molecule has 5 atom stereocenters. The van der Waals surface area contributed by atoms with Gasteiger partial charge in [-0.1, -0.05) is 0 Å². The molecule has 1 aliphatic rings. The maximum Gasteiger partial charge on any atom is 0.271 e. The fourth-order valence-corrected chi connectivity index (χ4v) is 1.86. The molecule has 0 spiro atoms. The minimum atomic E-state index is -2.53. The molecule has 0 aromatic carbocycles. The molecule has 15 heavy (non-hydrogen) atoms. The third-order valence-electron chi connectivity index (χ3n) is 2.72. The molecule has 0 aliphatic heterocycles. The van der Waals surface area contributed by atoms with Crippen molar-refractivity contribution in [2.75, 3.05) is 6.61 Å². The van der Waals surface area contributed by atoms with E-state index in [0.717, 1.165) is 0 Å². The van der Waals surface area contributed by atoms with Gasteiger partial charge in [-0.2, -0.15) is 0 Å². The third kappa shape index (κ3) is 1.82. The van der Waals surface area contributed by atoms with Crippen LogP contribution < -0.4 is 0 Å². The number of nitrogens with zero attached hydrogens (tertiary/aromatic N) is 1. The Hall–Kier alpha value is -0.800. The van der Waals surface area contributed by atoms with Gasteiger partial charge < -0.3 is 25.5 Å². The van der Waals surface area contributed by atoms with Gasteiger partial charge in [-0.05, 0) is 0 Å². The lowest BCUT2D eigenvalue weighted by Gasteiger charge is -2.41. The zero-order valence-electron chi connectivity index (χ0n) is 7.72. The van der Waals surface area contributed by atoms with E-state index in [9.17, 15) is 30.5 Å². The molecule has 1 aliphatic carbocycles. The van der Waals surface area contributed by atoms with Crippen molar-refractivity contribution in [2.24, 2.45) is 0 Å². The maximum absolute atomic E-state index is 10.6. The summed E-state index contributed by atoms with van der Waals surface area (Å²) in [5, 5.41) is 56.9. The van der Waals surface area contributed by atoms with Gasteiger partial charge in [0.2, 0.25) is 0 Å². The van der Waals surface area contributed by atoms with Gasteiger partial charge in [0.25, 0.3) is 6.04 Å². The van der Waals surface area contributed by atoms with Gasteiger partial charge >= 0.3 is 0 Å². The van der Waals surface area contributed by atoms with E-state index in [1.165, 1.54) is 0 Å². The molecule has 0 aromatic rings. The van der Waals surface area contributed by atoms with E-state index in [1.807, 2.05) is 0 Å². The topological polar surface area (TPSA) is 144 Å². The lowest BCUT2D eigenvalue weighted by molar-refractivity contribution is -0.568. The highest BCUT2D eigenvalue weighted by molar-refractivity contribution is 5.04. The number of nitro groups is 1. The summed E-state index contributed by atoms with van der Waals surface area (Å²) in [6.07, 6.45) is -5.40. The van der Waals surface area contributed by atoms with Crippen LogP contribution in [0.5, 0.6) is 0 Å². The van der Waals surface area contributed by atoms with Crippen molar-refractivity contribution in [2.45, 2.75) is 36.4 Å². The van der Waals surface area contributed by atoms with Crippen LogP contribution in [-0.2, 0) is 0 Å². The van der Waals surface area contributed by atoms with Crippen LogP contribution in [0.1, 0.15) is 6.42 Å². The summed E-state index contributed by atoms with van der Waals surface area (Å²) in [5.41, 5.74) is -2.53. The van der Waals surface area contributed by atoms with E-state index in [2.05, 4.69) is 0 Å². The number of hydrogen-bond acceptors (Lipinski definition) is 7. The number of aliphatic hydroxyl groups excluding tert-OH is 4. The molecule has 0 amide bonds. The first-order chi connectivity index (χ1) is 6.84. The summed E-state index contributed by atoms with van der Waals surface area (Å²) in [5.74, 6) is 0. The number of aliphatic hydroxyl groups is 5. The van der Waals surface area contributed by atoms with Crippen LogP contribution in [0, 0.1) is 10.1 Å². The molecule has 0 saturated heterocycles. The molecule has 5 N–H and O–H groups in total. The highest BCUT2D eigenvalue weighted by atomic mass is 16.6. The minimum absolute atomic E-state index is 0.422. The van der Waals surface area contributed by atoms with Crippen LogP contribution >= 0.6 is 0 Å². The van der Waals surface area contributed by atoms with Gasteiger partial charge in [-0.15, -0.1) is 0 Å². The van der Waals surface area contributed by atoms with Crippen molar-refractivity contribution in [3.8, 4) is 0 Å². The zero-order valence-corrected chi connectivity index (χ0v) is 7.72. The zero-order chi connectivity index (χ0) is 11.8. The molecule has 8 nitrogen and oxygen atoms in total. The van der Waals surface area contributed by atoms with E-state index in [1.54, 1.807) is 0 Å². The fraction of sp³-hybridized carbons (Fsp3) is 1.00. The third-order valence-corrected chi connectivity index (χ3v) is 2.72. The van der Waals surface area contributed by atoms with Gasteiger partial charge in [0.1, 0.15) is 12.2 Å². The molecule has 1 fully saturated rings. The van der Waals surface area contributed by atoms with E-state index in [-0.39, 0.29) is 0 Å². The Morgan fingerprint density at radius 1 is 1.33 bits per heavy atom. The van der Waals surface area contributed by atoms with E-state index in [4.69, 9.17) is 5.11 Å². The Morgan fingerprint density at radius 2 is 1.87 bits per heavy atom. The Bertz CT molecular complexity index is 260. The van der Waals surface area contributed by atoms with Gasteiger partial charge in [0.15, 0.2) is 5.60 Å². The molecule has 1 saturated carbocycles. The Balaban J connectivity index is 3.06. The van der Waals surface area contributed by atoms with Gasteiger partial charge in [0.05, 0.1) is 12.7 Å². The average molecular weight is 223 g/mol. The van der Waals surface area contributed by atoms with E-state index in [0.29, 0.717) is 0 Å². The first kappa shape index (κ1) is 12.3. The van der Waals surface area contributed by atoms with Crippen molar-refractivity contribution < 1.29 is 30.5 Å². The largest absolute Gasteiger partial charge is 0.393 e. The lowest BCUT2D eigenvalue weighted by Crippen LogP contribution is -2.69. The van der Waals surface area contributed by atoms with Gasteiger partial charge in [-0.3, -0.25) is 10.1 Å². The predicted octanol–water partition coefficient (Wildman–Crippen LogP) is -3.16. The second kappa shape index (κ2) is 3.99. The second-order valence-corrected chi connectivity index (χ2v) is 3.69. The number of rotatable bonds is 2. The normalized spacial score (nSPS) is 46.5. The van der Waals surface area contributed by atoms with Gasteiger partial charge in [0, 0.05) is 11.3 Å². The first-order valence-electron chi connectivity index (χ1n) is 4.35. The number of hydrogen-bond donors (Lipinski definition) is 5. The Morgan fingerprint density at radius 3 is 2.27 bits per heavy atom. The summed E-state index contributed by atoms with van der Waals surface area (Å²) in [6, 6.07) is -1.92. The quantitative estimate of drug-likeness (QED) is 0.245. The average Bonchev–Trinajstić information content (AvgIpc) is 2.13. The summed E-state index contributed by atoms with van der Waals surface area (Å²) in [4.78, 5) is 9.60. The van der Waals surface area contributed by atoms with Crippen LogP contribution in [0.2, 0.25) is 0 Å². The molecule has 88 valence electrons. The highest BCUT2D eigenvalue weighted by Gasteiger charge is 2.60. The van der Waals surface area contributed by atoms with Crippen LogP contribution in [0.15, 0.2) is 0 Å². The lowest BCUT2D eigenvalue weighted by atomic mass is 9.75. The second-order valence-electron chi connectivity index (χ2n) is 3.69. The van der Waals surface area contributed by atoms with E-state index < -0.39 is 47.9 Å². The summed E-state index contributed by atoms with van der Waals surface area (Å²) >= 11 is 0.